The van der Waals surface area contributed by atoms with Gasteiger partial charge in [-0.1, -0.05) is 51.1 Å². The number of benzene rings is 1. The molecule has 1 aromatic heterocycles. The van der Waals surface area contributed by atoms with Crippen molar-refractivity contribution < 1.29 is 4.79 Å². The summed E-state index contributed by atoms with van der Waals surface area (Å²) in [7, 11) is 0. The molecule has 0 N–H and O–H groups in total. The van der Waals surface area contributed by atoms with Gasteiger partial charge < -0.3 is 9.80 Å². The molecule has 28 heavy (non-hydrogen) atoms. The standard InChI is InChI=1S/C23H32N4O/c1-17-20(15-19-9-7-6-8-10-19)22(25-18(2)24-17)27-13-11-26(12-14-27)21(28)16-23(3,4)5/h6-10H,11-16H2,1-5H3. The Hall–Kier alpha value is -2.43. The highest BCUT2D eigenvalue weighted by atomic mass is 16.2. The predicted octanol–water partition coefficient (Wildman–Crippen LogP) is 3.77. The second kappa shape index (κ2) is 8.29. The molecule has 0 aliphatic carbocycles. The lowest BCUT2D eigenvalue weighted by Gasteiger charge is -2.37. The Morgan fingerprint density at radius 1 is 1.00 bits per heavy atom. The molecule has 2 heterocycles. The van der Waals surface area contributed by atoms with Crippen LogP contribution in [0.1, 0.15) is 49.8 Å². The van der Waals surface area contributed by atoms with Crippen LogP contribution < -0.4 is 4.90 Å². The largest absolute Gasteiger partial charge is 0.353 e. The first-order chi connectivity index (χ1) is 13.2. The van der Waals surface area contributed by atoms with Crippen molar-refractivity contribution in [3.63, 3.8) is 0 Å². The summed E-state index contributed by atoms with van der Waals surface area (Å²) in [6, 6.07) is 10.5. The molecule has 2 aromatic rings. The molecule has 150 valence electrons. The fraction of sp³-hybridized carbons (Fsp3) is 0.522. The molecular weight excluding hydrogens is 348 g/mol. The van der Waals surface area contributed by atoms with Crippen molar-refractivity contribution in [2.45, 2.75) is 47.5 Å². The highest BCUT2D eigenvalue weighted by Gasteiger charge is 2.27. The normalized spacial score (nSPS) is 15.0. The number of amides is 1. The smallest absolute Gasteiger partial charge is 0.223 e. The zero-order valence-electron chi connectivity index (χ0n) is 17.8. The number of anilines is 1. The number of aromatic nitrogens is 2. The van der Waals surface area contributed by atoms with Crippen LogP contribution in [0.25, 0.3) is 0 Å². The van der Waals surface area contributed by atoms with Gasteiger partial charge in [0.2, 0.25) is 5.91 Å². The number of piperazine rings is 1. The molecule has 1 aliphatic rings. The maximum atomic E-state index is 12.6. The lowest BCUT2D eigenvalue weighted by atomic mass is 9.91. The van der Waals surface area contributed by atoms with E-state index in [0.29, 0.717) is 6.42 Å². The van der Waals surface area contributed by atoms with E-state index in [4.69, 9.17) is 4.98 Å². The number of rotatable bonds is 4. The summed E-state index contributed by atoms with van der Waals surface area (Å²) in [5, 5.41) is 0. The Balaban J connectivity index is 1.76. The van der Waals surface area contributed by atoms with Crippen LogP contribution in [0.5, 0.6) is 0 Å². The Morgan fingerprint density at radius 2 is 1.64 bits per heavy atom. The quantitative estimate of drug-likeness (QED) is 0.810. The van der Waals surface area contributed by atoms with Gasteiger partial charge in [0.15, 0.2) is 0 Å². The lowest BCUT2D eigenvalue weighted by molar-refractivity contribution is -0.133. The van der Waals surface area contributed by atoms with Gasteiger partial charge in [0.05, 0.1) is 0 Å². The molecule has 1 fully saturated rings. The number of nitrogens with zero attached hydrogens (tertiary/aromatic N) is 4. The zero-order valence-corrected chi connectivity index (χ0v) is 17.8. The van der Waals surface area contributed by atoms with Gasteiger partial charge in [0.25, 0.3) is 0 Å². The monoisotopic (exact) mass is 380 g/mol. The summed E-state index contributed by atoms with van der Waals surface area (Å²) in [6.07, 6.45) is 1.42. The van der Waals surface area contributed by atoms with E-state index in [9.17, 15) is 4.79 Å². The van der Waals surface area contributed by atoms with Crippen LogP contribution in [0.2, 0.25) is 0 Å². The minimum atomic E-state index is 0.0257. The minimum Gasteiger partial charge on any atom is -0.353 e. The first-order valence-corrected chi connectivity index (χ1v) is 10.1. The topological polar surface area (TPSA) is 49.3 Å². The van der Waals surface area contributed by atoms with Crippen LogP contribution >= 0.6 is 0 Å². The molecule has 0 saturated carbocycles. The maximum Gasteiger partial charge on any atom is 0.223 e. The molecule has 0 radical (unpaired) electrons. The molecule has 5 nitrogen and oxygen atoms in total. The second-order valence-corrected chi connectivity index (χ2v) is 8.93. The third kappa shape index (κ3) is 5.09. The predicted molar refractivity (Wildman–Crippen MR) is 114 cm³/mol. The molecule has 1 saturated heterocycles. The first-order valence-electron chi connectivity index (χ1n) is 10.1. The van der Waals surface area contributed by atoms with Gasteiger partial charge in [0, 0.05) is 50.3 Å². The van der Waals surface area contributed by atoms with Crippen LogP contribution in [-0.2, 0) is 11.2 Å². The van der Waals surface area contributed by atoms with Gasteiger partial charge in [-0.15, -0.1) is 0 Å². The van der Waals surface area contributed by atoms with Crippen molar-refractivity contribution in [1.82, 2.24) is 14.9 Å². The van der Waals surface area contributed by atoms with Crippen molar-refractivity contribution in [3.8, 4) is 0 Å². The van der Waals surface area contributed by atoms with E-state index in [1.807, 2.05) is 17.9 Å². The third-order valence-corrected chi connectivity index (χ3v) is 5.14. The summed E-state index contributed by atoms with van der Waals surface area (Å²) >= 11 is 0. The Labute approximate surface area is 168 Å². The van der Waals surface area contributed by atoms with Crippen molar-refractivity contribution in [2.75, 3.05) is 31.1 Å². The fourth-order valence-electron chi connectivity index (χ4n) is 3.72. The summed E-state index contributed by atoms with van der Waals surface area (Å²) in [5.74, 6) is 2.08. The van der Waals surface area contributed by atoms with Crippen LogP contribution in [0.4, 0.5) is 5.82 Å². The molecule has 1 aliphatic heterocycles. The van der Waals surface area contributed by atoms with Crippen molar-refractivity contribution in [3.05, 3.63) is 53.0 Å². The van der Waals surface area contributed by atoms with Gasteiger partial charge in [-0.25, -0.2) is 9.97 Å². The summed E-state index contributed by atoms with van der Waals surface area (Å²) in [4.78, 5) is 26.3. The van der Waals surface area contributed by atoms with E-state index < -0.39 is 0 Å². The molecular formula is C23H32N4O. The zero-order chi connectivity index (χ0) is 20.3. The Morgan fingerprint density at radius 3 is 2.25 bits per heavy atom. The van der Waals surface area contributed by atoms with Crippen molar-refractivity contribution in [2.24, 2.45) is 5.41 Å². The van der Waals surface area contributed by atoms with E-state index in [1.54, 1.807) is 0 Å². The number of carbonyl (C=O) groups is 1. The minimum absolute atomic E-state index is 0.0257. The molecule has 1 aromatic carbocycles. The van der Waals surface area contributed by atoms with E-state index in [2.05, 4.69) is 61.8 Å². The fourth-order valence-corrected chi connectivity index (χ4v) is 3.72. The van der Waals surface area contributed by atoms with E-state index in [0.717, 1.165) is 49.9 Å². The van der Waals surface area contributed by atoms with Gasteiger partial charge in [-0.3, -0.25) is 4.79 Å². The van der Waals surface area contributed by atoms with Gasteiger partial charge in [-0.2, -0.15) is 0 Å². The number of hydrogen-bond donors (Lipinski definition) is 0. The average molecular weight is 381 g/mol. The molecule has 3 rings (SSSR count). The van der Waals surface area contributed by atoms with Crippen LogP contribution in [0.15, 0.2) is 30.3 Å². The molecule has 0 atom stereocenters. The van der Waals surface area contributed by atoms with Crippen molar-refractivity contribution in [1.29, 1.82) is 0 Å². The molecule has 0 unspecified atom stereocenters. The van der Waals surface area contributed by atoms with Gasteiger partial charge in [0.1, 0.15) is 11.6 Å². The highest BCUT2D eigenvalue weighted by molar-refractivity contribution is 5.77. The van der Waals surface area contributed by atoms with E-state index in [1.165, 1.54) is 11.1 Å². The summed E-state index contributed by atoms with van der Waals surface area (Å²) < 4.78 is 0. The molecule has 5 heteroatoms. The van der Waals surface area contributed by atoms with E-state index in [-0.39, 0.29) is 11.3 Å². The Kier molecular flexibility index (Phi) is 6.01. The summed E-state index contributed by atoms with van der Waals surface area (Å²) in [6.45, 7) is 13.5. The van der Waals surface area contributed by atoms with Crippen molar-refractivity contribution >= 4 is 11.7 Å². The van der Waals surface area contributed by atoms with Crippen LogP contribution in [-0.4, -0.2) is 47.0 Å². The second-order valence-electron chi connectivity index (χ2n) is 8.93. The van der Waals surface area contributed by atoms with Gasteiger partial charge >= 0.3 is 0 Å². The first kappa shape index (κ1) is 20.3. The summed E-state index contributed by atoms with van der Waals surface area (Å²) in [5.41, 5.74) is 3.51. The molecule has 1 amide bonds. The van der Waals surface area contributed by atoms with Crippen LogP contribution in [0.3, 0.4) is 0 Å². The number of carbonyl (C=O) groups excluding carboxylic acids is 1. The lowest BCUT2D eigenvalue weighted by Crippen LogP contribution is -2.50. The van der Waals surface area contributed by atoms with Crippen LogP contribution in [0, 0.1) is 19.3 Å². The SMILES string of the molecule is Cc1nc(C)c(Cc2ccccc2)c(N2CCN(C(=O)CC(C)(C)C)CC2)n1. The molecule has 0 bridgehead atoms. The van der Waals surface area contributed by atoms with E-state index >= 15 is 0 Å². The highest BCUT2D eigenvalue weighted by Crippen LogP contribution is 2.26. The number of hydrogen-bond acceptors (Lipinski definition) is 4. The number of aryl methyl sites for hydroxylation is 2. The average Bonchev–Trinajstić information content (AvgIpc) is 2.63. The third-order valence-electron chi connectivity index (χ3n) is 5.14. The molecule has 0 spiro atoms. The van der Waals surface area contributed by atoms with Gasteiger partial charge in [-0.05, 0) is 24.8 Å². The Bertz CT molecular complexity index is 818. The maximum absolute atomic E-state index is 12.6.